The van der Waals surface area contributed by atoms with E-state index in [1.165, 1.54) is 6.92 Å². The van der Waals surface area contributed by atoms with E-state index in [0.29, 0.717) is 22.4 Å². The average molecular weight is 335 g/mol. The molecule has 18 heavy (non-hydrogen) atoms. The monoisotopic (exact) mass is 334 g/mol. The van der Waals surface area contributed by atoms with Gasteiger partial charge in [0.05, 0.1) is 6.61 Å². The maximum absolute atomic E-state index is 12.0. The van der Waals surface area contributed by atoms with E-state index in [2.05, 4.69) is 15.9 Å². The van der Waals surface area contributed by atoms with E-state index >= 15 is 0 Å². The number of sulfone groups is 1. The SMILES string of the molecule is CCOc1ccc(C(=O)C(C)S(C)(=O)=O)c(Br)c1. The Hall–Kier alpha value is -0.880. The van der Waals surface area contributed by atoms with Gasteiger partial charge in [0.25, 0.3) is 0 Å². The van der Waals surface area contributed by atoms with E-state index in [1.807, 2.05) is 6.92 Å². The number of carbonyl (C=O) groups excluding carboxylic acids is 1. The van der Waals surface area contributed by atoms with Crippen LogP contribution in [0.25, 0.3) is 0 Å². The van der Waals surface area contributed by atoms with Crippen LogP contribution in [0.5, 0.6) is 5.75 Å². The van der Waals surface area contributed by atoms with Crippen molar-refractivity contribution in [1.82, 2.24) is 0 Å². The van der Waals surface area contributed by atoms with E-state index in [-0.39, 0.29) is 0 Å². The third kappa shape index (κ3) is 3.55. The van der Waals surface area contributed by atoms with Crippen LogP contribution in [-0.4, -0.2) is 32.3 Å². The predicted molar refractivity (Wildman–Crippen MR) is 73.9 cm³/mol. The number of hydrogen-bond donors (Lipinski definition) is 0. The first-order valence-electron chi connectivity index (χ1n) is 5.42. The normalized spacial score (nSPS) is 13.1. The van der Waals surface area contributed by atoms with Crippen molar-refractivity contribution in [2.75, 3.05) is 12.9 Å². The van der Waals surface area contributed by atoms with Gasteiger partial charge in [-0.15, -0.1) is 0 Å². The van der Waals surface area contributed by atoms with Crippen molar-refractivity contribution < 1.29 is 17.9 Å². The number of hydrogen-bond acceptors (Lipinski definition) is 4. The lowest BCUT2D eigenvalue weighted by Crippen LogP contribution is -2.26. The Bertz CT molecular complexity index is 551. The Kier molecular flexibility index (Phi) is 4.92. The number of ketones is 1. The van der Waals surface area contributed by atoms with Gasteiger partial charge >= 0.3 is 0 Å². The molecule has 4 nitrogen and oxygen atoms in total. The van der Waals surface area contributed by atoms with Gasteiger partial charge < -0.3 is 4.74 Å². The van der Waals surface area contributed by atoms with Gasteiger partial charge in [0, 0.05) is 16.3 Å². The number of benzene rings is 1. The van der Waals surface area contributed by atoms with Crippen molar-refractivity contribution >= 4 is 31.6 Å². The largest absolute Gasteiger partial charge is 0.494 e. The van der Waals surface area contributed by atoms with E-state index in [0.717, 1.165) is 6.26 Å². The van der Waals surface area contributed by atoms with E-state index in [9.17, 15) is 13.2 Å². The molecule has 0 aromatic heterocycles. The quantitative estimate of drug-likeness (QED) is 0.776. The summed E-state index contributed by atoms with van der Waals surface area (Å²) >= 11 is 3.26. The molecule has 0 aliphatic heterocycles. The lowest BCUT2D eigenvalue weighted by atomic mass is 10.1. The van der Waals surface area contributed by atoms with Gasteiger partial charge in [-0.1, -0.05) is 0 Å². The summed E-state index contributed by atoms with van der Waals surface area (Å²) in [6.45, 7) is 3.78. The summed E-state index contributed by atoms with van der Waals surface area (Å²) in [5.74, 6) is 0.209. The first kappa shape index (κ1) is 15.2. The number of ether oxygens (including phenoxy) is 1. The minimum atomic E-state index is -3.39. The van der Waals surface area contributed by atoms with E-state index < -0.39 is 20.9 Å². The van der Waals surface area contributed by atoms with Crippen molar-refractivity contribution in [2.45, 2.75) is 19.1 Å². The fraction of sp³-hybridized carbons (Fsp3) is 0.417. The molecule has 0 saturated heterocycles. The molecule has 0 saturated carbocycles. The van der Waals surface area contributed by atoms with Gasteiger partial charge in [0.1, 0.15) is 11.0 Å². The minimum Gasteiger partial charge on any atom is -0.494 e. The van der Waals surface area contributed by atoms with Crippen LogP contribution < -0.4 is 4.74 Å². The van der Waals surface area contributed by atoms with Crippen LogP contribution in [-0.2, 0) is 9.84 Å². The van der Waals surface area contributed by atoms with Crippen molar-refractivity contribution in [1.29, 1.82) is 0 Å². The predicted octanol–water partition coefficient (Wildman–Crippen LogP) is 2.46. The highest BCUT2D eigenvalue weighted by Crippen LogP contribution is 2.25. The third-order valence-electron chi connectivity index (χ3n) is 2.53. The van der Waals surface area contributed by atoms with Crippen molar-refractivity contribution in [3.63, 3.8) is 0 Å². The number of carbonyl (C=O) groups is 1. The molecule has 0 spiro atoms. The first-order chi connectivity index (χ1) is 8.27. The molecular weight excluding hydrogens is 320 g/mol. The lowest BCUT2D eigenvalue weighted by Gasteiger charge is -2.11. The zero-order valence-corrected chi connectivity index (χ0v) is 12.8. The molecule has 0 fully saturated rings. The first-order valence-corrected chi connectivity index (χ1v) is 8.17. The van der Waals surface area contributed by atoms with Crippen LogP contribution in [0.15, 0.2) is 22.7 Å². The molecule has 0 radical (unpaired) electrons. The van der Waals surface area contributed by atoms with Gasteiger partial charge in [-0.2, -0.15) is 0 Å². The topological polar surface area (TPSA) is 60.4 Å². The highest BCUT2D eigenvalue weighted by Gasteiger charge is 2.26. The van der Waals surface area contributed by atoms with Gasteiger partial charge in [-0.05, 0) is 48.0 Å². The number of Topliss-reactive ketones (excluding diaryl/α,β-unsaturated/α-hetero) is 1. The van der Waals surface area contributed by atoms with Crippen LogP contribution in [0.4, 0.5) is 0 Å². The van der Waals surface area contributed by atoms with Gasteiger partial charge in [-0.25, -0.2) is 8.42 Å². The molecule has 0 bridgehead atoms. The molecule has 1 aromatic carbocycles. The van der Waals surface area contributed by atoms with Crippen LogP contribution in [0.1, 0.15) is 24.2 Å². The van der Waals surface area contributed by atoms with E-state index in [4.69, 9.17) is 4.74 Å². The van der Waals surface area contributed by atoms with E-state index in [1.54, 1.807) is 18.2 Å². The highest BCUT2D eigenvalue weighted by molar-refractivity contribution is 9.10. The maximum Gasteiger partial charge on any atom is 0.181 e. The molecular formula is C12H15BrO4S. The van der Waals surface area contributed by atoms with Crippen LogP contribution in [0.3, 0.4) is 0 Å². The molecule has 1 atom stereocenters. The van der Waals surface area contributed by atoms with Crippen molar-refractivity contribution in [3.8, 4) is 5.75 Å². The molecule has 6 heteroatoms. The molecule has 0 N–H and O–H groups in total. The second-order valence-corrected chi connectivity index (χ2v) is 7.13. The molecule has 0 amide bonds. The van der Waals surface area contributed by atoms with Crippen LogP contribution >= 0.6 is 15.9 Å². The summed E-state index contributed by atoms with van der Waals surface area (Å²) in [6, 6.07) is 4.88. The second-order valence-electron chi connectivity index (χ2n) is 3.91. The molecule has 1 aromatic rings. The van der Waals surface area contributed by atoms with Crippen LogP contribution in [0, 0.1) is 0 Å². The summed E-state index contributed by atoms with van der Waals surface area (Å²) in [4.78, 5) is 12.0. The Balaban J connectivity index is 3.08. The Morgan fingerprint density at radius 3 is 2.50 bits per heavy atom. The van der Waals surface area contributed by atoms with Gasteiger partial charge in [0.15, 0.2) is 15.6 Å². The van der Waals surface area contributed by atoms with Crippen molar-refractivity contribution in [2.24, 2.45) is 0 Å². The van der Waals surface area contributed by atoms with Crippen molar-refractivity contribution in [3.05, 3.63) is 28.2 Å². The fourth-order valence-electron chi connectivity index (χ4n) is 1.37. The summed E-state index contributed by atoms with van der Waals surface area (Å²) < 4.78 is 28.6. The molecule has 0 aliphatic rings. The molecule has 100 valence electrons. The highest BCUT2D eigenvalue weighted by atomic mass is 79.9. The standard InChI is InChI=1S/C12H15BrO4S/c1-4-17-9-5-6-10(11(13)7-9)12(14)8(2)18(3,15)16/h5-8H,4H2,1-3H3. The Labute approximate surface area is 115 Å². The number of rotatable bonds is 5. The zero-order chi connectivity index (χ0) is 13.9. The number of halogens is 1. The maximum atomic E-state index is 12.0. The Morgan fingerprint density at radius 2 is 2.06 bits per heavy atom. The zero-order valence-electron chi connectivity index (χ0n) is 10.4. The lowest BCUT2D eigenvalue weighted by molar-refractivity contribution is 0.0991. The average Bonchev–Trinajstić information content (AvgIpc) is 2.26. The second kappa shape index (κ2) is 5.84. The van der Waals surface area contributed by atoms with Gasteiger partial charge in [-0.3, -0.25) is 4.79 Å². The molecule has 1 rings (SSSR count). The minimum absolute atomic E-state index is 0.344. The van der Waals surface area contributed by atoms with Gasteiger partial charge in [0.2, 0.25) is 0 Å². The Morgan fingerprint density at radius 1 is 1.44 bits per heavy atom. The summed E-state index contributed by atoms with van der Waals surface area (Å²) in [5.41, 5.74) is 0.344. The molecule has 0 aliphatic carbocycles. The third-order valence-corrected chi connectivity index (χ3v) is 4.68. The fourth-order valence-corrected chi connectivity index (χ4v) is 2.43. The smallest absolute Gasteiger partial charge is 0.181 e. The molecule has 0 heterocycles. The summed E-state index contributed by atoms with van der Waals surface area (Å²) in [6.07, 6.45) is 1.05. The van der Waals surface area contributed by atoms with Crippen LogP contribution in [0.2, 0.25) is 0 Å². The summed E-state index contributed by atoms with van der Waals surface area (Å²) in [7, 11) is -3.39. The molecule has 1 unspecified atom stereocenters. The summed E-state index contributed by atoms with van der Waals surface area (Å²) in [5, 5.41) is -1.05.